The van der Waals surface area contributed by atoms with E-state index < -0.39 is 15.9 Å². The quantitative estimate of drug-likeness (QED) is 0.692. The van der Waals surface area contributed by atoms with Crippen LogP contribution < -0.4 is 15.6 Å². The topological polar surface area (TPSA) is 97.3 Å². The molecule has 3 aromatic rings. The number of nitrogens with zero attached hydrogens (tertiary/aromatic N) is 1. The van der Waals surface area contributed by atoms with E-state index in [0.29, 0.717) is 11.4 Å². The third-order valence-corrected chi connectivity index (χ3v) is 5.49. The first-order chi connectivity index (χ1) is 13.2. The second-order valence-electron chi connectivity index (χ2n) is 6.31. The minimum Gasteiger partial charge on any atom is -0.322 e. The van der Waals surface area contributed by atoms with Crippen LogP contribution in [-0.2, 0) is 17.1 Å². The van der Waals surface area contributed by atoms with Gasteiger partial charge in [-0.2, -0.15) is 0 Å². The molecule has 0 fully saturated rings. The minimum absolute atomic E-state index is 0.168. The summed E-state index contributed by atoms with van der Waals surface area (Å²) in [6, 6.07) is 15.6. The molecule has 0 radical (unpaired) electrons. The molecule has 2 N–H and O–H groups in total. The van der Waals surface area contributed by atoms with Gasteiger partial charge >= 0.3 is 0 Å². The fourth-order valence-electron chi connectivity index (χ4n) is 2.45. The van der Waals surface area contributed by atoms with Gasteiger partial charge in [0.05, 0.1) is 4.90 Å². The van der Waals surface area contributed by atoms with E-state index in [0.717, 1.165) is 5.56 Å². The van der Waals surface area contributed by atoms with Crippen molar-refractivity contribution in [1.29, 1.82) is 0 Å². The standard InChI is InChI=1S/C20H19N3O4S/c1-14-3-9-18(10-4-14)28(26,27)22-17-7-5-16(6-8-17)21-20(25)15-11-12-23(2)19(24)13-15/h3-13,22H,1-2H3,(H,21,25). The highest BCUT2D eigenvalue weighted by Crippen LogP contribution is 2.19. The van der Waals surface area contributed by atoms with Crippen molar-refractivity contribution >= 4 is 27.3 Å². The lowest BCUT2D eigenvalue weighted by Gasteiger charge is -2.10. The van der Waals surface area contributed by atoms with Crippen LogP contribution in [0.2, 0.25) is 0 Å². The number of benzene rings is 2. The monoisotopic (exact) mass is 397 g/mol. The molecule has 7 nitrogen and oxygen atoms in total. The summed E-state index contributed by atoms with van der Waals surface area (Å²) >= 11 is 0. The lowest BCUT2D eigenvalue weighted by molar-refractivity contribution is 0.102. The lowest BCUT2D eigenvalue weighted by atomic mass is 10.2. The predicted molar refractivity (Wildman–Crippen MR) is 108 cm³/mol. The summed E-state index contributed by atoms with van der Waals surface area (Å²) in [4.78, 5) is 24.0. The van der Waals surface area contributed by atoms with Gasteiger partial charge < -0.3 is 9.88 Å². The number of nitrogens with one attached hydrogen (secondary N) is 2. The summed E-state index contributed by atoms with van der Waals surface area (Å²) in [5, 5.41) is 2.67. The molecule has 0 aliphatic heterocycles. The molecule has 2 aromatic carbocycles. The average molecular weight is 397 g/mol. The van der Waals surface area contributed by atoms with Gasteiger partial charge in [-0.05, 0) is 49.4 Å². The summed E-state index contributed by atoms with van der Waals surface area (Å²) in [6.45, 7) is 1.88. The van der Waals surface area contributed by atoms with E-state index in [2.05, 4.69) is 10.0 Å². The fraction of sp³-hybridized carbons (Fsp3) is 0.100. The molecule has 0 spiro atoms. The number of amides is 1. The van der Waals surface area contributed by atoms with E-state index in [4.69, 9.17) is 0 Å². The third kappa shape index (κ3) is 4.47. The molecule has 0 aliphatic rings. The zero-order chi connectivity index (χ0) is 20.3. The first kappa shape index (κ1) is 19.4. The Kier molecular flexibility index (Phi) is 5.32. The molecular formula is C20H19N3O4S. The van der Waals surface area contributed by atoms with E-state index in [1.54, 1.807) is 49.5 Å². The number of aryl methyl sites for hydroxylation is 2. The Morgan fingerprint density at radius 3 is 2.14 bits per heavy atom. The normalized spacial score (nSPS) is 11.1. The lowest BCUT2D eigenvalue weighted by Crippen LogP contribution is -2.20. The van der Waals surface area contributed by atoms with Crippen LogP contribution in [0.5, 0.6) is 0 Å². The molecule has 0 atom stereocenters. The average Bonchev–Trinajstić information content (AvgIpc) is 2.65. The highest BCUT2D eigenvalue weighted by molar-refractivity contribution is 7.92. The van der Waals surface area contributed by atoms with Gasteiger partial charge in [0.25, 0.3) is 21.5 Å². The number of rotatable bonds is 5. The number of hydrogen-bond acceptors (Lipinski definition) is 4. The summed E-state index contributed by atoms with van der Waals surface area (Å²) in [5.41, 5.74) is 1.77. The van der Waals surface area contributed by atoms with Crippen LogP contribution in [0.3, 0.4) is 0 Å². The molecule has 28 heavy (non-hydrogen) atoms. The number of anilines is 2. The fourth-order valence-corrected chi connectivity index (χ4v) is 3.50. The minimum atomic E-state index is -3.69. The Morgan fingerprint density at radius 1 is 0.929 bits per heavy atom. The second kappa shape index (κ2) is 7.69. The highest BCUT2D eigenvalue weighted by atomic mass is 32.2. The Balaban J connectivity index is 1.71. The molecule has 1 aromatic heterocycles. The van der Waals surface area contributed by atoms with Gasteiger partial charge in [-0.3, -0.25) is 14.3 Å². The Hall–Kier alpha value is -3.39. The summed E-state index contributed by atoms with van der Waals surface area (Å²) in [7, 11) is -2.09. The van der Waals surface area contributed by atoms with Crippen molar-refractivity contribution in [3.63, 3.8) is 0 Å². The summed E-state index contributed by atoms with van der Waals surface area (Å²) in [5.74, 6) is -0.425. The van der Waals surface area contributed by atoms with Crippen LogP contribution in [0.4, 0.5) is 11.4 Å². The molecule has 0 unspecified atom stereocenters. The van der Waals surface area contributed by atoms with Crippen LogP contribution >= 0.6 is 0 Å². The van der Waals surface area contributed by atoms with Crippen LogP contribution in [-0.4, -0.2) is 18.9 Å². The molecule has 8 heteroatoms. The summed E-state index contributed by atoms with van der Waals surface area (Å²) < 4.78 is 28.7. The second-order valence-corrected chi connectivity index (χ2v) is 8.00. The van der Waals surface area contributed by atoms with Crippen LogP contribution in [0.15, 0.2) is 76.6 Å². The van der Waals surface area contributed by atoms with Gasteiger partial charge in [-0.25, -0.2) is 8.42 Å². The van der Waals surface area contributed by atoms with Crippen molar-refractivity contribution in [2.75, 3.05) is 10.0 Å². The van der Waals surface area contributed by atoms with Crippen molar-refractivity contribution in [3.8, 4) is 0 Å². The number of pyridine rings is 1. The number of carbonyl (C=O) groups is 1. The highest BCUT2D eigenvalue weighted by Gasteiger charge is 2.14. The first-order valence-corrected chi connectivity index (χ1v) is 9.90. The van der Waals surface area contributed by atoms with Gasteiger partial charge in [0.2, 0.25) is 0 Å². The maximum atomic E-state index is 12.4. The summed E-state index contributed by atoms with van der Waals surface area (Å²) in [6.07, 6.45) is 1.51. The largest absolute Gasteiger partial charge is 0.322 e. The maximum Gasteiger partial charge on any atom is 0.261 e. The Morgan fingerprint density at radius 2 is 1.54 bits per heavy atom. The van der Waals surface area contributed by atoms with E-state index in [-0.39, 0.29) is 16.0 Å². The molecule has 0 aliphatic carbocycles. The van der Waals surface area contributed by atoms with Crippen molar-refractivity contribution in [1.82, 2.24) is 4.57 Å². The maximum absolute atomic E-state index is 12.4. The van der Waals surface area contributed by atoms with Crippen molar-refractivity contribution in [2.45, 2.75) is 11.8 Å². The van der Waals surface area contributed by atoms with E-state index in [9.17, 15) is 18.0 Å². The third-order valence-electron chi connectivity index (χ3n) is 4.09. The van der Waals surface area contributed by atoms with Gasteiger partial charge in [0.15, 0.2) is 0 Å². The van der Waals surface area contributed by atoms with E-state index in [1.165, 1.54) is 29.0 Å². The van der Waals surface area contributed by atoms with Gasteiger partial charge in [0.1, 0.15) is 0 Å². The van der Waals surface area contributed by atoms with E-state index >= 15 is 0 Å². The molecule has 3 rings (SSSR count). The van der Waals surface area contributed by atoms with Gasteiger partial charge in [-0.15, -0.1) is 0 Å². The van der Waals surface area contributed by atoms with Crippen molar-refractivity contribution < 1.29 is 13.2 Å². The van der Waals surface area contributed by atoms with Crippen LogP contribution in [0.1, 0.15) is 15.9 Å². The van der Waals surface area contributed by atoms with Crippen LogP contribution in [0.25, 0.3) is 0 Å². The molecule has 1 amide bonds. The molecule has 144 valence electrons. The van der Waals surface area contributed by atoms with Crippen molar-refractivity contribution in [3.05, 3.63) is 88.3 Å². The van der Waals surface area contributed by atoms with Gasteiger partial charge in [-0.1, -0.05) is 17.7 Å². The molecule has 0 saturated carbocycles. The van der Waals surface area contributed by atoms with Gasteiger partial charge in [0, 0.05) is 36.2 Å². The number of sulfonamides is 1. The first-order valence-electron chi connectivity index (χ1n) is 8.42. The Labute approximate surface area is 162 Å². The van der Waals surface area contributed by atoms with Crippen molar-refractivity contribution in [2.24, 2.45) is 7.05 Å². The predicted octanol–water partition coefficient (Wildman–Crippen LogP) is 2.75. The zero-order valence-corrected chi connectivity index (χ0v) is 16.2. The Bertz CT molecular complexity index is 1170. The molecule has 0 saturated heterocycles. The molecule has 1 heterocycles. The number of carbonyl (C=O) groups excluding carboxylic acids is 1. The smallest absolute Gasteiger partial charge is 0.261 e. The SMILES string of the molecule is Cc1ccc(S(=O)(=O)Nc2ccc(NC(=O)c3ccn(C)c(=O)c3)cc2)cc1. The van der Waals surface area contributed by atoms with E-state index in [1.807, 2.05) is 6.92 Å². The van der Waals surface area contributed by atoms with Crippen LogP contribution in [0, 0.1) is 6.92 Å². The molecule has 0 bridgehead atoms. The number of aromatic nitrogens is 1. The number of hydrogen-bond donors (Lipinski definition) is 2. The zero-order valence-electron chi connectivity index (χ0n) is 15.3. The molecular weight excluding hydrogens is 378 g/mol.